The highest BCUT2D eigenvalue weighted by Gasteiger charge is 2.57. The summed E-state index contributed by atoms with van der Waals surface area (Å²) < 4.78 is 140. The lowest BCUT2D eigenvalue weighted by Crippen LogP contribution is -2.41. The number of benzene rings is 1. The maximum atomic E-state index is 12.8. The Kier molecular flexibility index (Phi) is 23.4. The van der Waals surface area contributed by atoms with Gasteiger partial charge in [-0.05, 0) is 59.6 Å². The van der Waals surface area contributed by atoms with Gasteiger partial charge in [0, 0.05) is 48.2 Å². The molecular formula is C45H69F3O23S. The van der Waals surface area contributed by atoms with E-state index in [4.69, 9.17) is 81.1 Å². The zero-order valence-corrected chi connectivity index (χ0v) is 42.6. The van der Waals surface area contributed by atoms with Gasteiger partial charge in [-0.25, -0.2) is 13.2 Å². The Bertz CT molecular complexity index is 1940. The molecule has 3 N–H and O–H groups in total. The minimum absolute atomic E-state index is 0.106. The molecule has 72 heavy (non-hydrogen) atoms. The van der Waals surface area contributed by atoms with Gasteiger partial charge in [-0.2, -0.15) is 8.42 Å². The molecule has 3 unspecified atom stereocenters. The van der Waals surface area contributed by atoms with Crippen LogP contribution in [0.3, 0.4) is 0 Å². The minimum atomic E-state index is -3.86. The van der Waals surface area contributed by atoms with Crippen LogP contribution in [0.15, 0.2) is 29.2 Å². The van der Waals surface area contributed by atoms with Crippen LogP contribution in [-0.2, 0) is 95.0 Å². The fourth-order valence-corrected chi connectivity index (χ4v) is 8.86. The number of esters is 3. The van der Waals surface area contributed by atoms with Gasteiger partial charge in [0.05, 0.1) is 11.5 Å². The van der Waals surface area contributed by atoms with Gasteiger partial charge in [-0.15, -0.1) is 0 Å². The lowest BCUT2D eigenvalue weighted by Gasteiger charge is -2.23. The number of fused-ring (bicyclic) bond motifs is 2. The van der Waals surface area contributed by atoms with Crippen LogP contribution in [0.2, 0.25) is 0 Å². The zero-order valence-electron chi connectivity index (χ0n) is 41.8. The molecule has 23 nitrogen and oxygen atoms in total. The summed E-state index contributed by atoms with van der Waals surface area (Å²) in [5, 5.41) is 26.3. The predicted molar refractivity (Wildman–Crippen MR) is 236 cm³/mol. The highest BCUT2D eigenvalue weighted by Crippen LogP contribution is 2.40. The van der Waals surface area contributed by atoms with E-state index < -0.39 is 146 Å². The van der Waals surface area contributed by atoms with E-state index in [1.165, 1.54) is 39.2 Å². The van der Waals surface area contributed by atoms with Crippen molar-refractivity contribution in [2.45, 2.75) is 183 Å². The van der Waals surface area contributed by atoms with Gasteiger partial charge in [-0.3, -0.25) is 18.6 Å². The van der Waals surface area contributed by atoms with E-state index in [2.05, 4.69) is 4.74 Å². The van der Waals surface area contributed by atoms with E-state index in [0.717, 1.165) is 39.5 Å². The Morgan fingerprint density at radius 2 is 1.06 bits per heavy atom. The van der Waals surface area contributed by atoms with Crippen LogP contribution >= 0.6 is 0 Å². The Morgan fingerprint density at radius 3 is 1.46 bits per heavy atom. The number of carbonyl (C=O) groups is 3. The largest absolute Gasteiger partial charge is 0.455 e. The number of ether oxygens (including phenoxy) is 14. The summed E-state index contributed by atoms with van der Waals surface area (Å²) in [6.45, 7) is 11.8. The molecule has 7 heterocycles. The van der Waals surface area contributed by atoms with E-state index >= 15 is 0 Å². The number of aryl methyl sites for hydroxylation is 1. The van der Waals surface area contributed by atoms with Crippen molar-refractivity contribution in [1.82, 2.24) is 0 Å². The van der Waals surface area contributed by atoms with Crippen LogP contribution < -0.4 is 0 Å². The monoisotopic (exact) mass is 1070 g/mol. The molecule has 0 spiro atoms. The number of halogens is 3. The predicted octanol–water partition coefficient (Wildman–Crippen LogP) is 1.74. The molecule has 16 atom stereocenters. The van der Waals surface area contributed by atoms with E-state index in [-0.39, 0.29) is 23.7 Å². The third-order valence-corrected chi connectivity index (χ3v) is 12.4. The smallest absolute Gasteiger partial charge is 0.305 e. The molecule has 7 fully saturated rings. The molecule has 8 rings (SSSR count). The summed E-state index contributed by atoms with van der Waals surface area (Å²) in [6.07, 6.45) is -11.4. The quantitative estimate of drug-likeness (QED) is 0.153. The van der Waals surface area contributed by atoms with Crippen molar-refractivity contribution in [3.05, 3.63) is 29.8 Å². The van der Waals surface area contributed by atoms with Gasteiger partial charge in [0.2, 0.25) is 12.4 Å². The lowest BCUT2D eigenvalue weighted by atomic mass is 10.1. The Labute approximate surface area is 416 Å². The van der Waals surface area contributed by atoms with Crippen LogP contribution in [0.1, 0.15) is 66.9 Å². The van der Waals surface area contributed by atoms with Gasteiger partial charge in [-0.1, -0.05) is 17.7 Å². The highest BCUT2D eigenvalue weighted by atomic mass is 32.2. The molecule has 7 aliphatic heterocycles. The van der Waals surface area contributed by atoms with Crippen LogP contribution in [-0.4, -0.2) is 206 Å². The summed E-state index contributed by atoms with van der Waals surface area (Å²) in [5.41, 5.74) is 0.970. The molecule has 7 aliphatic rings. The van der Waals surface area contributed by atoms with Gasteiger partial charge < -0.3 is 81.6 Å². The Hall–Kier alpha value is -3.23. The normalized spacial score (nSPS) is 35.7. The van der Waals surface area contributed by atoms with Crippen molar-refractivity contribution in [2.75, 3.05) is 54.1 Å². The standard InChI is InChI=1S/C16H22O7S.C11H15FO7.C9H15FO4.C5H9FO4.C4H8O/c1-10-5-7-11(8-6-10)24(17,18)20-9-12-13-14(15(19-4)21-12)23-16(2,3)22-13;1-5(13)16-9-8(4-12)19-11(18-7(3)15)10(9)17-6(2)14;1-9(2)13-6-5(4-10)12-8(11-3)7(6)14-9;6-1-2-3(7)4(8)5(9)10-2;1-2-4-5-3-1/h5-8,12-15H,9H2,1-4H3;8-11H,4H2,1-3H3;5-8H,4H2,1-3H3;2-5,7-9H,1H2;1-4H2/t12-,13-,14-,15-;8-,9-,10?,11?;5-,6-,7-,8-;2-,3-,4-,5?;/m1111./s1. The minimum Gasteiger partial charge on any atom is -0.455 e. The average molecular weight is 1070 g/mol. The number of aliphatic hydroxyl groups excluding tert-OH is 3. The van der Waals surface area contributed by atoms with Gasteiger partial charge >= 0.3 is 17.9 Å². The molecular weight excluding hydrogens is 998 g/mol. The summed E-state index contributed by atoms with van der Waals surface area (Å²) in [5.74, 6) is -3.52. The molecule has 0 aromatic heterocycles. The number of hydrogen-bond acceptors (Lipinski definition) is 23. The van der Waals surface area contributed by atoms with E-state index in [1.54, 1.807) is 39.8 Å². The Balaban J connectivity index is 0.000000209. The molecule has 7 saturated heterocycles. The maximum Gasteiger partial charge on any atom is 0.305 e. The first-order chi connectivity index (χ1) is 33.8. The first-order valence-electron chi connectivity index (χ1n) is 23.0. The van der Waals surface area contributed by atoms with Crippen LogP contribution in [0.5, 0.6) is 0 Å². The number of methoxy groups -OCH3 is 2. The SMILES string of the molecule is C1CCOC1.CC(=O)OC1O[C@H](CF)[C@@H](OC(C)=O)C1OC(C)=O.CO[C@@H]1O[C@H](CF)[C@H]2OC(C)(C)O[C@@H]12.CO[C@@H]1O[C@H](COS(=O)(=O)c2ccc(C)cc2)[C@H]2OC(C)(C)O[C@@H]12.OC1O[C@H](CF)[C@@H](O)[C@H]1O. The number of rotatable bonds is 12. The number of aliphatic hydroxyl groups is 3. The Morgan fingerprint density at radius 1 is 0.611 bits per heavy atom. The van der Waals surface area contributed by atoms with Crippen molar-refractivity contribution in [1.29, 1.82) is 0 Å². The van der Waals surface area contributed by atoms with Crippen molar-refractivity contribution in [2.24, 2.45) is 0 Å². The number of alkyl halides is 3. The second-order valence-corrected chi connectivity index (χ2v) is 19.5. The first kappa shape index (κ1) is 61.3. The third kappa shape index (κ3) is 17.2. The van der Waals surface area contributed by atoms with Gasteiger partial charge in [0.1, 0.15) is 81.1 Å². The van der Waals surface area contributed by atoms with Crippen molar-refractivity contribution in [3.63, 3.8) is 0 Å². The molecule has 27 heteroatoms. The molecule has 0 aliphatic carbocycles. The van der Waals surface area contributed by atoms with Gasteiger partial charge in [0.25, 0.3) is 10.1 Å². The molecule has 0 amide bonds. The number of hydrogen-bond donors (Lipinski definition) is 3. The number of carbonyl (C=O) groups excluding carboxylic acids is 3. The summed E-state index contributed by atoms with van der Waals surface area (Å²) >= 11 is 0. The van der Waals surface area contributed by atoms with E-state index in [0.29, 0.717) is 0 Å². The van der Waals surface area contributed by atoms with Crippen LogP contribution in [0, 0.1) is 6.92 Å². The molecule has 414 valence electrons. The van der Waals surface area contributed by atoms with E-state index in [1.807, 2.05) is 6.92 Å². The molecule has 1 aromatic carbocycles. The second-order valence-electron chi connectivity index (χ2n) is 17.9. The highest BCUT2D eigenvalue weighted by molar-refractivity contribution is 7.86. The summed E-state index contributed by atoms with van der Waals surface area (Å²) in [7, 11) is -0.850. The van der Waals surface area contributed by atoms with Crippen LogP contribution in [0.4, 0.5) is 13.2 Å². The average Bonchev–Trinajstić information content (AvgIpc) is 4.20. The van der Waals surface area contributed by atoms with Crippen LogP contribution in [0.25, 0.3) is 0 Å². The fraction of sp³-hybridized carbons (Fsp3) is 0.800. The second kappa shape index (κ2) is 27.5. The zero-order chi connectivity index (χ0) is 53.7. The van der Waals surface area contributed by atoms with Crippen molar-refractivity contribution >= 4 is 28.0 Å². The summed E-state index contributed by atoms with van der Waals surface area (Å²) in [4.78, 5) is 33.0. The summed E-state index contributed by atoms with van der Waals surface area (Å²) in [6, 6.07) is 6.46. The van der Waals surface area contributed by atoms with Gasteiger partial charge in [0.15, 0.2) is 36.5 Å². The lowest BCUT2D eigenvalue weighted by molar-refractivity contribution is -0.229. The molecule has 0 radical (unpaired) electrons. The molecule has 0 saturated carbocycles. The molecule has 1 aromatic rings. The van der Waals surface area contributed by atoms with Crippen molar-refractivity contribution < 1.29 is 122 Å². The first-order valence-corrected chi connectivity index (χ1v) is 24.4. The van der Waals surface area contributed by atoms with Crippen molar-refractivity contribution in [3.8, 4) is 0 Å². The topological polar surface area (TPSA) is 284 Å². The van der Waals surface area contributed by atoms with E-state index in [9.17, 15) is 36.0 Å². The third-order valence-electron chi connectivity index (χ3n) is 11.2. The molecule has 0 bridgehead atoms. The fourth-order valence-electron chi connectivity index (χ4n) is 7.94. The maximum absolute atomic E-state index is 12.8.